The van der Waals surface area contributed by atoms with Crippen LogP contribution in [0.15, 0.2) is 48.5 Å². The molecular weight excluding hydrogens is 256 g/mol. The van der Waals surface area contributed by atoms with E-state index in [-0.39, 0.29) is 5.56 Å². The zero-order valence-corrected chi connectivity index (χ0v) is 10.7. The van der Waals surface area contributed by atoms with E-state index in [0.29, 0.717) is 12.1 Å². The monoisotopic (exact) mass is 270 g/mol. The van der Waals surface area contributed by atoms with Crippen LogP contribution < -0.4 is 11.1 Å². The Morgan fingerprint density at radius 2 is 1.75 bits per heavy atom. The van der Waals surface area contributed by atoms with Crippen LogP contribution in [-0.2, 0) is 6.54 Å². The molecule has 4 N–H and O–H groups in total. The van der Waals surface area contributed by atoms with Crippen molar-refractivity contribution in [3.8, 4) is 0 Å². The first-order valence-corrected chi connectivity index (χ1v) is 6.02. The van der Waals surface area contributed by atoms with Gasteiger partial charge in [0.15, 0.2) is 0 Å². The molecular formula is C15H14N2O3. The molecule has 0 radical (unpaired) electrons. The molecule has 0 aliphatic heterocycles. The predicted octanol–water partition coefficient (Wildman–Crippen LogP) is 2.10. The maximum atomic E-state index is 11.1. The van der Waals surface area contributed by atoms with Crippen LogP contribution in [0.1, 0.15) is 26.3 Å². The van der Waals surface area contributed by atoms with Crippen molar-refractivity contribution in [1.29, 1.82) is 0 Å². The second-order valence-electron chi connectivity index (χ2n) is 4.30. The summed E-state index contributed by atoms with van der Waals surface area (Å²) in [6.45, 7) is 0.530. The Kier molecular flexibility index (Phi) is 4.00. The molecule has 2 aromatic rings. The fourth-order valence-electron chi connectivity index (χ4n) is 1.75. The third-order valence-electron chi connectivity index (χ3n) is 2.84. The summed E-state index contributed by atoms with van der Waals surface area (Å²) in [5.41, 5.74) is 7.63. The average molecular weight is 270 g/mol. The van der Waals surface area contributed by atoms with Gasteiger partial charge in [0, 0.05) is 17.8 Å². The highest BCUT2D eigenvalue weighted by atomic mass is 16.4. The zero-order chi connectivity index (χ0) is 14.5. The lowest BCUT2D eigenvalue weighted by Gasteiger charge is -2.07. The number of rotatable bonds is 5. The van der Waals surface area contributed by atoms with Gasteiger partial charge in [0.2, 0.25) is 5.91 Å². The van der Waals surface area contributed by atoms with Crippen LogP contribution in [0.25, 0.3) is 0 Å². The van der Waals surface area contributed by atoms with Crippen LogP contribution in [0.5, 0.6) is 0 Å². The molecule has 5 heteroatoms. The number of hydrogen-bond donors (Lipinski definition) is 3. The quantitative estimate of drug-likeness (QED) is 0.775. The molecule has 0 unspecified atom stereocenters. The maximum Gasteiger partial charge on any atom is 0.335 e. The highest BCUT2D eigenvalue weighted by molar-refractivity contribution is 5.93. The van der Waals surface area contributed by atoms with Crippen molar-refractivity contribution in [3.63, 3.8) is 0 Å². The van der Waals surface area contributed by atoms with E-state index in [0.717, 1.165) is 11.3 Å². The van der Waals surface area contributed by atoms with Gasteiger partial charge in [-0.15, -0.1) is 0 Å². The molecule has 0 aromatic heterocycles. The summed E-state index contributed by atoms with van der Waals surface area (Å²) in [6.07, 6.45) is 0. The molecule has 0 fully saturated rings. The van der Waals surface area contributed by atoms with E-state index in [1.807, 2.05) is 6.07 Å². The van der Waals surface area contributed by atoms with E-state index >= 15 is 0 Å². The number of primary amides is 1. The third kappa shape index (κ3) is 3.35. The lowest BCUT2D eigenvalue weighted by Crippen LogP contribution is -2.11. The molecule has 0 saturated heterocycles. The first-order chi connectivity index (χ1) is 9.56. The minimum Gasteiger partial charge on any atom is -0.478 e. The van der Waals surface area contributed by atoms with E-state index in [9.17, 15) is 9.59 Å². The largest absolute Gasteiger partial charge is 0.478 e. The van der Waals surface area contributed by atoms with Crippen LogP contribution in [0.3, 0.4) is 0 Å². The molecule has 0 aliphatic rings. The maximum absolute atomic E-state index is 11.1. The fraction of sp³-hybridized carbons (Fsp3) is 0.0667. The normalized spacial score (nSPS) is 10.0. The van der Waals surface area contributed by atoms with Crippen molar-refractivity contribution in [3.05, 3.63) is 65.2 Å². The Hall–Kier alpha value is -2.82. The summed E-state index contributed by atoms with van der Waals surface area (Å²) < 4.78 is 0. The van der Waals surface area contributed by atoms with Crippen molar-refractivity contribution in [2.45, 2.75) is 6.54 Å². The topological polar surface area (TPSA) is 92.4 Å². The molecule has 5 nitrogen and oxygen atoms in total. The second kappa shape index (κ2) is 5.88. The Morgan fingerprint density at radius 3 is 2.35 bits per heavy atom. The number of benzene rings is 2. The van der Waals surface area contributed by atoms with Gasteiger partial charge in [-0.25, -0.2) is 4.79 Å². The number of carbonyl (C=O) groups is 2. The highest BCUT2D eigenvalue weighted by Gasteiger charge is 2.03. The molecule has 0 atom stereocenters. The molecule has 0 aliphatic carbocycles. The van der Waals surface area contributed by atoms with Crippen LogP contribution in [0, 0.1) is 0 Å². The van der Waals surface area contributed by atoms with Gasteiger partial charge in [-0.05, 0) is 35.9 Å². The van der Waals surface area contributed by atoms with Crippen molar-refractivity contribution >= 4 is 17.6 Å². The Balaban J connectivity index is 2.03. The fourth-order valence-corrected chi connectivity index (χ4v) is 1.75. The molecule has 0 bridgehead atoms. The molecule has 1 amide bonds. The van der Waals surface area contributed by atoms with Crippen LogP contribution in [0.4, 0.5) is 5.69 Å². The molecule has 0 spiro atoms. The SMILES string of the molecule is NC(=O)c1cccc(NCc2ccc(C(=O)O)cc2)c1. The summed E-state index contributed by atoms with van der Waals surface area (Å²) >= 11 is 0. The van der Waals surface area contributed by atoms with Gasteiger partial charge in [-0.3, -0.25) is 4.79 Å². The Labute approximate surface area is 116 Å². The summed E-state index contributed by atoms with van der Waals surface area (Å²) in [7, 11) is 0. The number of hydrogen-bond acceptors (Lipinski definition) is 3. The Morgan fingerprint density at radius 1 is 1.05 bits per heavy atom. The number of carboxylic acid groups (broad SMARTS) is 1. The van der Waals surface area contributed by atoms with Crippen molar-refractivity contribution in [2.75, 3.05) is 5.32 Å². The highest BCUT2D eigenvalue weighted by Crippen LogP contribution is 2.12. The van der Waals surface area contributed by atoms with E-state index < -0.39 is 11.9 Å². The van der Waals surface area contributed by atoms with E-state index in [2.05, 4.69) is 5.32 Å². The van der Waals surface area contributed by atoms with Crippen LogP contribution in [-0.4, -0.2) is 17.0 Å². The smallest absolute Gasteiger partial charge is 0.335 e. The predicted molar refractivity (Wildman–Crippen MR) is 75.7 cm³/mol. The minimum atomic E-state index is -0.946. The lowest BCUT2D eigenvalue weighted by atomic mass is 10.1. The summed E-state index contributed by atoms with van der Waals surface area (Å²) in [4.78, 5) is 21.8. The van der Waals surface area contributed by atoms with Gasteiger partial charge >= 0.3 is 5.97 Å². The van der Waals surface area contributed by atoms with E-state index in [1.165, 1.54) is 0 Å². The first-order valence-electron chi connectivity index (χ1n) is 6.02. The molecule has 20 heavy (non-hydrogen) atoms. The standard InChI is InChI=1S/C15H14N2O3/c16-14(18)12-2-1-3-13(8-12)17-9-10-4-6-11(7-5-10)15(19)20/h1-8,17H,9H2,(H2,16,18)(H,19,20). The number of aromatic carboxylic acids is 1. The summed E-state index contributed by atoms with van der Waals surface area (Å²) in [5, 5.41) is 12.0. The number of nitrogens with two attached hydrogens (primary N) is 1. The van der Waals surface area contributed by atoms with E-state index in [1.54, 1.807) is 42.5 Å². The molecule has 102 valence electrons. The molecule has 0 heterocycles. The summed E-state index contributed by atoms with van der Waals surface area (Å²) in [6, 6.07) is 13.5. The zero-order valence-electron chi connectivity index (χ0n) is 10.7. The van der Waals surface area contributed by atoms with Crippen molar-refractivity contribution in [1.82, 2.24) is 0 Å². The van der Waals surface area contributed by atoms with Crippen LogP contribution in [0.2, 0.25) is 0 Å². The van der Waals surface area contributed by atoms with Gasteiger partial charge in [0.25, 0.3) is 0 Å². The average Bonchev–Trinajstić information content (AvgIpc) is 2.46. The number of anilines is 1. The molecule has 0 saturated carbocycles. The van der Waals surface area contributed by atoms with E-state index in [4.69, 9.17) is 10.8 Å². The number of carbonyl (C=O) groups excluding carboxylic acids is 1. The second-order valence-corrected chi connectivity index (χ2v) is 4.30. The van der Waals surface area contributed by atoms with Crippen LogP contribution >= 0.6 is 0 Å². The van der Waals surface area contributed by atoms with Gasteiger partial charge in [-0.2, -0.15) is 0 Å². The van der Waals surface area contributed by atoms with Gasteiger partial charge < -0.3 is 16.2 Å². The number of nitrogens with one attached hydrogen (secondary N) is 1. The third-order valence-corrected chi connectivity index (χ3v) is 2.84. The van der Waals surface area contributed by atoms with Crippen molar-refractivity contribution < 1.29 is 14.7 Å². The first kappa shape index (κ1) is 13.6. The number of carboxylic acids is 1. The minimum absolute atomic E-state index is 0.254. The molecule has 2 aromatic carbocycles. The number of amides is 1. The lowest BCUT2D eigenvalue weighted by molar-refractivity contribution is 0.0696. The van der Waals surface area contributed by atoms with Gasteiger partial charge in [0.05, 0.1) is 5.56 Å². The summed E-state index contributed by atoms with van der Waals surface area (Å²) in [5.74, 6) is -1.42. The van der Waals surface area contributed by atoms with Crippen molar-refractivity contribution in [2.24, 2.45) is 5.73 Å². The van der Waals surface area contributed by atoms with Gasteiger partial charge in [0.1, 0.15) is 0 Å². The molecule has 2 rings (SSSR count). The van der Waals surface area contributed by atoms with Gasteiger partial charge in [-0.1, -0.05) is 18.2 Å². The Bertz CT molecular complexity index is 636.